The minimum absolute atomic E-state index is 0.00150. The summed E-state index contributed by atoms with van der Waals surface area (Å²) in [5.74, 6) is -0.159. The molecule has 258 valence electrons. The number of hydrogen-bond acceptors (Lipinski definition) is 8. The van der Waals surface area contributed by atoms with E-state index in [0.29, 0.717) is 74.8 Å². The van der Waals surface area contributed by atoms with Crippen molar-refractivity contribution < 1.29 is 23.4 Å². The lowest BCUT2D eigenvalue weighted by molar-refractivity contribution is -0.140. The molecule has 4 saturated heterocycles. The maximum absolute atomic E-state index is 17.2. The molecule has 2 bridgehead atoms. The molecule has 1 spiro atoms. The normalized spacial score (nSPS) is 24.1. The summed E-state index contributed by atoms with van der Waals surface area (Å²) in [4.78, 5) is 14.6. The zero-order valence-corrected chi connectivity index (χ0v) is 28.5. The molecule has 1 saturated carbocycles. The van der Waals surface area contributed by atoms with Gasteiger partial charge in [-0.2, -0.15) is 9.97 Å². The number of anilines is 1. The van der Waals surface area contributed by atoms with Crippen LogP contribution >= 0.6 is 0 Å². The number of piperazine rings is 1. The molecule has 5 heterocycles. The maximum atomic E-state index is 17.2. The van der Waals surface area contributed by atoms with Gasteiger partial charge in [0.1, 0.15) is 22.9 Å². The number of rotatable bonds is 8. The van der Waals surface area contributed by atoms with Crippen LogP contribution in [0, 0.1) is 29.4 Å². The number of ether oxygens (including phenoxy) is 2. The van der Waals surface area contributed by atoms with E-state index in [1.54, 1.807) is 18.2 Å². The number of aryl methyl sites for hydroxylation is 2. The Morgan fingerprint density at radius 1 is 1.02 bits per heavy atom. The molecule has 9 rings (SSSR count). The van der Waals surface area contributed by atoms with Gasteiger partial charge in [0, 0.05) is 53.5 Å². The highest BCUT2D eigenvalue weighted by atomic mass is 19.1. The summed E-state index contributed by atoms with van der Waals surface area (Å²) >= 11 is 0. The summed E-state index contributed by atoms with van der Waals surface area (Å²) in [7, 11) is 0. The number of aromatic nitrogens is 2. The van der Waals surface area contributed by atoms with E-state index in [9.17, 15) is 5.11 Å². The number of phenols is 1. The van der Waals surface area contributed by atoms with Gasteiger partial charge in [0.05, 0.1) is 19.8 Å². The summed E-state index contributed by atoms with van der Waals surface area (Å²) in [6.07, 6.45) is 7.22. The number of benzene rings is 3. The second kappa shape index (κ2) is 11.7. The number of piperidine rings is 1. The molecule has 1 aliphatic carbocycles. The van der Waals surface area contributed by atoms with Crippen molar-refractivity contribution in [3.05, 3.63) is 53.1 Å². The third kappa shape index (κ3) is 5.51. The molecule has 4 aromatic rings. The van der Waals surface area contributed by atoms with E-state index in [0.717, 1.165) is 71.6 Å². The van der Waals surface area contributed by atoms with Crippen molar-refractivity contribution in [3.63, 3.8) is 0 Å². The fourth-order valence-corrected chi connectivity index (χ4v) is 9.05. The molecular weight excluding hydrogens is 624 g/mol. The van der Waals surface area contributed by atoms with E-state index >= 15 is 8.78 Å². The Bertz CT molecular complexity index is 1940. The molecule has 2 unspecified atom stereocenters. The fraction of sp³-hybridized carbons (Fsp3) is 0.538. The third-order valence-corrected chi connectivity index (χ3v) is 12.1. The van der Waals surface area contributed by atoms with Gasteiger partial charge in [-0.15, -0.1) is 0 Å². The lowest BCUT2D eigenvalue weighted by Crippen LogP contribution is -2.52. The van der Waals surface area contributed by atoms with E-state index in [-0.39, 0.29) is 28.5 Å². The van der Waals surface area contributed by atoms with Crippen LogP contribution in [-0.2, 0) is 11.2 Å². The molecule has 3 aromatic carbocycles. The van der Waals surface area contributed by atoms with Gasteiger partial charge in [0.2, 0.25) is 0 Å². The van der Waals surface area contributed by atoms with E-state index in [2.05, 4.69) is 15.1 Å². The quantitative estimate of drug-likeness (QED) is 0.220. The molecular formula is C39H45F2N5O3. The molecule has 2 N–H and O–H groups in total. The molecule has 49 heavy (non-hydrogen) atoms. The number of phenolic OH excluding ortho intramolecular Hbond substituents is 1. The lowest BCUT2D eigenvalue weighted by Gasteiger charge is -2.47. The summed E-state index contributed by atoms with van der Waals surface area (Å²) < 4.78 is 44.3. The van der Waals surface area contributed by atoms with Crippen LogP contribution in [0.25, 0.3) is 32.8 Å². The van der Waals surface area contributed by atoms with Gasteiger partial charge in [-0.05, 0) is 117 Å². The highest BCUT2D eigenvalue weighted by molar-refractivity contribution is 6.04. The number of fused-ring (bicyclic) bond motifs is 4. The molecule has 8 nitrogen and oxygen atoms in total. The Labute approximate surface area is 285 Å². The summed E-state index contributed by atoms with van der Waals surface area (Å²) in [5, 5.41) is 16.3. The lowest BCUT2D eigenvalue weighted by atomic mass is 9.76. The van der Waals surface area contributed by atoms with Crippen molar-refractivity contribution in [2.24, 2.45) is 10.8 Å². The first-order chi connectivity index (χ1) is 23.7. The zero-order chi connectivity index (χ0) is 33.5. The molecule has 5 fully saturated rings. The Kier molecular flexibility index (Phi) is 7.52. The highest BCUT2D eigenvalue weighted by Crippen LogP contribution is 2.48. The summed E-state index contributed by atoms with van der Waals surface area (Å²) in [6, 6.07) is 9.08. The molecule has 0 radical (unpaired) electrons. The number of halogens is 2. The van der Waals surface area contributed by atoms with Crippen LogP contribution < -0.4 is 15.0 Å². The van der Waals surface area contributed by atoms with Crippen molar-refractivity contribution in [2.75, 3.05) is 57.4 Å². The van der Waals surface area contributed by atoms with Crippen LogP contribution in [0.3, 0.4) is 0 Å². The Morgan fingerprint density at radius 3 is 2.45 bits per heavy atom. The summed E-state index contributed by atoms with van der Waals surface area (Å²) in [5.41, 5.74) is 2.59. The monoisotopic (exact) mass is 669 g/mol. The first-order valence-electron chi connectivity index (χ1n) is 18.1. The Morgan fingerprint density at radius 2 is 1.78 bits per heavy atom. The van der Waals surface area contributed by atoms with Crippen LogP contribution in [0.5, 0.6) is 11.8 Å². The first kappa shape index (κ1) is 31.4. The SMILES string of the molecule is CCc1c(F)ccc2cc(O)cc(-c3c(C)cc4c(N5CC6CCC(C5)N6)nc(OCC5(CN6CCC7(CC6)COC7)CC5)nc4c3F)c12. The molecule has 2 atom stereocenters. The molecule has 10 heteroatoms. The zero-order valence-electron chi connectivity index (χ0n) is 28.5. The third-order valence-electron chi connectivity index (χ3n) is 12.1. The van der Waals surface area contributed by atoms with Gasteiger partial charge in [-0.3, -0.25) is 0 Å². The fourth-order valence-electron chi connectivity index (χ4n) is 9.05. The minimum Gasteiger partial charge on any atom is -0.508 e. The largest absolute Gasteiger partial charge is 0.508 e. The van der Waals surface area contributed by atoms with Gasteiger partial charge in [0.15, 0.2) is 5.82 Å². The van der Waals surface area contributed by atoms with E-state index in [4.69, 9.17) is 19.4 Å². The molecule has 5 aliphatic rings. The van der Waals surface area contributed by atoms with Crippen molar-refractivity contribution in [2.45, 2.75) is 70.9 Å². The average molecular weight is 670 g/mol. The van der Waals surface area contributed by atoms with Crippen LogP contribution in [0.15, 0.2) is 30.3 Å². The second-order valence-electron chi connectivity index (χ2n) is 15.7. The van der Waals surface area contributed by atoms with Gasteiger partial charge in [-0.1, -0.05) is 13.0 Å². The van der Waals surface area contributed by atoms with E-state index in [1.807, 2.05) is 19.9 Å². The second-order valence-corrected chi connectivity index (χ2v) is 15.7. The van der Waals surface area contributed by atoms with Gasteiger partial charge in [-0.25, -0.2) is 8.78 Å². The predicted molar refractivity (Wildman–Crippen MR) is 186 cm³/mol. The van der Waals surface area contributed by atoms with Gasteiger partial charge < -0.3 is 29.7 Å². The van der Waals surface area contributed by atoms with Crippen molar-refractivity contribution >= 4 is 27.5 Å². The average Bonchev–Trinajstić information content (AvgIpc) is 3.76. The topological polar surface area (TPSA) is 83.0 Å². The number of hydrogen-bond donors (Lipinski definition) is 2. The van der Waals surface area contributed by atoms with E-state index in [1.165, 1.54) is 18.9 Å². The van der Waals surface area contributed by atoms with Gasteiger partial charge in [0.25, 0.3) is 0 Å². The van der Waals surface area contributed by atoms with Crippen LogP contribution in [0.2, 0.25) is 0 Å². The molecule has 4 aliphatic heterocycles. The predicted octanol–water partition coefficient (Wildman–Crippen LogP) is 6.52. The van der Waals surface area contributed by atoms with Crippen LogP contribution in [0.1, 0.15) is 56.6 Å². The number of aromatic hydroxyl groups is 1. The smallest absolute Gasteiger partial charge is 0.319 e. The van der Waals surface area contributed by atoms with Crippen molar-refractivity contribution in [1.29, 1.82) is 0 Å². The van der Waals surface area contributed by atoms with Crippen LogP contribution in [-0.4, -0.2) is 84.6 Å². The number of likely N-dealkylation sites (tertiary alicyclic amines) is 1. The summed E-state index contributed by atoms with van der Waals surface area (Å²) in [6.45, 7) is 10.8. The maximum Gasteiger partial charge on any atom is 0.319 e. The van der Waals surface area contributed by atoms with Gasteiger partial charge >= 0.3 is 6.01 Å². The minimum atomic E-state index is -0.511. The molecule has 0 amide bonds. The first-order valence-corrected chi connectivity index (χ1v) is 18.1. The number of nitrogens with zero attached hydrogens (tertiary/aromatic N) is 4. The molecule has 1 aromatic heterocycles. The standard InChI is InChI=1S/C39H45F2N5O3/c1-3-28-31(40)7-4-24-15-27(47)16-29(33(24)28)32-23(2)14-30-35(34(32)41)43-37(44-36(30)46-17-25-5-6-26(18-46)42-25)49-22-38(8-9-38)19-45-12-10-39(11-13-45)20-48-21-39/h4,7,14-16,25-26,42,47H,3,5-6,8-13,17-22H2,1-2H3. The Hall–Kier alpha value is -3.60. The van der Waals surface area contributed by atoms with Crippen LogP contribution in [0.4, 0.5) is 14.6 Å². The highest BCUT2D eigenvalue weighted by Gasteiger charge is 2.48. The Balaban J connectivity index is 1.10. The van der Waals surface area contributed by atoms with E-state index < -0.39 is 5.82 Å². The van der Waals surface area contributed by atoms with Crippen molar-refractivity contribution in [3.8, 4) is 22.9 Å². The number of nitrogens with one attached hydrogen (secondary N) is 1. The van der Waals surface area contributed by atoms with Crippen molar-refractivity contribution in [1.82, 2.24) is 20.2 Å².